The van der Waals surface area contributed by atoms with E-state index in [1.165, 1.54) is 12.1 Å². The van der Waals surface area contributed by atoms with E-state index in [2.05, 4.69) is 30.6 Å². The van der Waals surface area contributed by atoms with Crippen molar-refractivity contribution in [2.75, 3.05) is 54.5 Å². The quantitative estimate of drug-likeness (QED) is 0.767. The number of nitrogens with zero attached hydrogens (tertiary/aromatic N) is 4. The molecule has 0 bridgehead atoms. The summed E-state index contributed by atoms with van der Waals surface area (Å²) in [5.41, 5.74) is 0.527. The molecular formula is C20H23F3N6O2. The van der Waals surface area contributed by atoms with Crippen molar-refractivity contribution < 1.29 is 22.7 Å². The molecule has 1 unspecified atom stereocenters. The van der Waals surface area contributed by atoms with Crippen LogP contribution in [-0.4, -0.2) is 61.7 Å². The first-order valence-electron chi connectivity index (χ1n) is 10.0. The highest BCUT2D eigenvalue weighted by Gasteiger charge is 2.30. The number of halogens is 3. The number of amides is 2. The molecule has 2 fully saturated rings. The smallest absolute Gasteiger partial charge is 0.378 e. The molecule has 0 spiro atoms. The molecule has 31 heavy (non-hydrogen) atoms. The van der Waals surface area contributed by atoms with E-state index in [1.54, 1.807) is 6.20 Å². The minimum absolute atomic E-state index is 0.108. The first-order chi connectivity index (χ1) is 14.9. The fraction of sp³-hybridized carbons (Fsp3) is 0.450. The summed E-state index contributed by atoms with van der Waals surface area (Å²) in [4.78, 5) is 16.5. The molecule has 1 aromatic carbocycles. The largest absolute Gasteiger partial charge is 0.416 e. The topological polar surface area (TPSA) is 82.6 Å². The summed E-state index contributed by atoms with van der Waals surface area (Å²) in [6, 6.07) is 5.76. The number of carbonyl (C=O) groups is 1. The summed E-state index contributed by atoms with van der Waals surface area (Å²) < 4.78 is 43.3. The number of alkyl halides is 3. The highest BCUT2D eigenvalue weighted by Crippen LogP contribution is 2.30. The van der Waals surface area contributed by atoms with Gasteiger partial charge >= 0.3 is 12.2 Å². The first-order valence-corrected chi connectivity index (χ1v) is 10.0. The van der Waals surface area contributed by atoms with Gasteiger partial charge < -0.3 is 25.2 Å². The van der Waals surface area contributed by atoms with E-state index in [0.29, 0.717) is 32.0 Å². The molecule has 0 saturated carbocycles. The number of carbonyl (C=O) groups excluding carboxylic acids is 1. The molecule has 1 atom stereocenters. The number of anilines is 3. The van der Waals surface area contributed by atoms with Crippen molar-refractivity contribution in [3.05, 3.63) is 42.1 Å². The van der Waals surface area contributed by atoms with Crippen LogP contribution < -0.4 is 20.4 Å². The van der Waals surface area contributed by atoms with Crippen molar-refractivity contribution in [3.8, 4) is 0 Å². The zero-order chi connectivity index (χ0) is 21.8. The van der Waals surface area contributed by atoms with Crippen LogP contribution in [0.5, 0.6) is 0 Å². The molecule has 2 N–H and O–H groups in total. The van der Waals surface area contributed by atoms with E-state index in [0.717, 1.165) is 43.1 Å². The number of nitrogens with one attached hydrogen (secondary N) is 2. The third-order valence-electron chi connectivity index (χ3n) is 5.32. The average Bonchev–Trinajstić information content (AvgIpc) is 3.22. The van der Waals surface area contributed by atoms with Crippen molar-refractivity contribution in [2.24, 2.45) is 0 Å². The molecule has 166 valence electrons. The van der Waals surface area contributed by atoms with Gasteiger partial charge in [0, 0.05) is 44.0 Å². The Labute approximate surface area is 177 Å². The number of morpholine rings is 1. The summed E-state index contributed by atoms with van der Waals surface area (Å²) in [6.07, 6.45) is -1.95. The van der Waals surface area contributed by atoms with E-state index >= 15 is 0 Å². The predicted octanol–water partition coefficient (Wildman–Crippen LogP) is 2.73. The normalized spacial score (nSPS) is 19.4. The summed E-state index contributed by atoms with van der Waals surface area (Å²) in [5, 5.41) is 13.8. The van der Waals surface area contributed by atoms with Gasteiger partial charge in [0.1, 0.15) is 0 Å². The van der Waals surface area contributed by atoms with E-state index in [4.69, 9.17) is 4.74 Å². The van der Waals surface area contributed by atoms with Crippen molar-refractivity contribution in [2.45, 2.75) is 18.6 Å². The van der Waals surface area contributed by atoms with Gasteiger partial charge in [0.25, 0.3) is 0 Å². The lowest BCUT2D eigenvalue weighted by Gasteiger charge is -2.29. The van der Waals surface area contributed by atoms with Gasteiger partial charge in [0.05, 0.1) is 30.7 Å². The number of hydrogen-bond acceptors (Lipinski definition) is 6. The van der Waals surface area contributed by atoms with Gasteiger partial charge in [-0.1, -0.05) is 0 Å². The van der Waals surface area contributed by atoms with Crippen LogP contribution >= 0.6 is 0 Å². The number of rotatable bonds is 4. The van der Waals surface area contributed by atoms with Crippen LogP contribution in [0.25, 0.3) is 0 Å². The van der Waals surface area contributed by atoms with Gasteiger partial charge in [-0.05, 0) is 30.7 Å². The minimum atomic E-state index is -4.41. The van der Waals surface area contributed by atoms with Crippen molar-refractivity contribution >= 4 is 23.2 Å². The third kappa shape index (κ3) is 5.35. The van der Waals surface area contributed by atoms with Crippen molar-refractivity contribution in [1.82, 2.24) is 15.5 Å². The van der Waals surface area contributed by atoms with E-state index in [9.17, 15) is 18.0 Å². The van der Waals surface area contributed by atoms with Crippen molar-refractivity contribution in [3.63, 3.8) is 0 Å². The summed E-state index contributed by atoms with van der Waals surface area (Å²) >= 11 is 0. The lowest BCUT2D eigenvalue weighted by molar-refractivity contribution is -0.137. The molecule has 0 aliphatic carbocycles. The van der Waals surface area contributed by atoms with Gasteiger partial charge in [-0.3, -0.25) is 0 Å². The van der Waals surface area contributed by atoms with Gasteiger partial charge in [0.15, 0.2) is 5.82 Å². The van der Waals surface area contributed by atoms with E-state index in [1.807, 2.05) is 6.07 Å². The Morgan fingerprint density at radius 2 is 1.84 bits per heavy atom. The molecule has 0 radical (unpaired) electrons. The number of benzene rings is 1. The molecule has 3 heterocycles. The lowest BCUT2D eigenvalue weighted by atomic mass is 10.2. The Morgan fingerprint density at radius 3 is 2.55 bits per heavy atom. The van der Waals surface area contributed by atoms with Crippen LogP contribution in [0.4, 0.5) is 35.2 Å². The second-order valence-corrected chi connectivity index (χ2v) is 7.48. The summed E-state index contributed by atoms with van der Waals surface area (Å²) in [7, 11) is 0. The molecule has 2 aliphatic heterocycles. The van der Waals surface area contributed by atoms with E-state index < -0.39 is 17.8 Å². The molecule has 1 aromatic heterocycles. The molecule has 4 rings (SSSR count). The maximum absolute atomic E-state index is 12.6. The van der Waals surface area contributed by atoms with Crippen LogP contribution in [-0.2, 0) is 10.9 Å². The van der Waals surface area contributed by atoms with Crippen LogP contribution in [0.1, 0.15) is 12.0 Å². The standard InChI is InChI=1S/C20H23F3N6O2/c21-20(22,23)14-1-3-15(4-2-14)25-19(30)26-16-5-6-29(13-16)18-11-17(12-24-27-18)28-7-9-31-10-8-28/h1-4,11-12,16H,5-10,13H2,(H2,25,26,30). The van der Waals surface area contributed by atoms with Crippen LogP contribution in [0.3, 0.4) is 0 Å². The Kier molecular flexibility index (Phi) is 6.12. The van der Waals surface area contributed by atoms with Gasteiger partial charge in [-0.25, -0.2) is 4.79 Å². The molecule has 2 saturated heterocycles. The van der Waals surface area contributed by atoms with Gasteiger partial charge in [-0.2, -0.15) is 18.3 Å². The Morgan fingerprint density at radius 1 is 1.10 bits per heavy atom. The molecule has 11 heteroatoms. The highest BCUT2D eigenvalue weighted by molar-refractivity contribution is 5.89. The monoisotopic (exact) mass is 436 g/mol. The maximum atomic E-state index is 12.6. The first kappa shape index (κ1) is 21.2. The van der Waals surface area contributed by atoms with Crippen LogP contribution in [0.15, 0.2) is 36.5 Å². The molecule has 8 nitrogen and oxygen atoms in total. The average molecular weight is 436 g/mol. The fourth-order valence-corrected chi connectivity index (χ4v) is 3.68. The zero-order valence-electron chi connectivity index (χ0n) is 16.7. The summed E-state index contributed by atoms with van der Waals surface area (Å²) in [5.74, 6) is 0.747. The zero-order valence-corrected chi connectivity index (χ0v) is 16.7. The highest BCUT2D eigenvalue weighted by atomic mass is 19.4. The number of ether oxygens (including phenoxy) is 1. The van der Waals surface area contributed by atoms with Gasteiger partial charge in [-0.15, -0.1) is 5.10 Å². The van der Waals surface area contributed by atoms with Crippen LogP contribution in [0.2, 0.25) is 0 Å². The lowest BCUT2D eigenvalue weighted by Crippen LogP contribution is -2.40. The number of hydrogen-bond donors (Lipinski definition) is 2. The molecule has 2 aromatic rings. The predicted molar refractivity (Wildman–Crippen MR) is 109 cm³/mol. The second kappa shape index (κ2) is 8.96. The Hall–Kier alpha value is -3.08. The molecule has 2 aliphatic rings. The third-order valence-corrected chi connectivity index (χ3v) is 5.32. The fourth-order valence-electron chi connectivity index (χ4n) is 3.68. The number of aromatic nitrogens is 2. The van der Waals surface area contributed by atoms with Crippen molar-refractivity contribution in [1.29, 1.82) is 0 Å². The molecular weight excluding hydrogens is 413 g/mol. The van der Waals surface area contributed by atoms with E-state index in [-0.39, 0.29) is 6.04 Å². The minimum Gasteiger partial charge on any atom is -0.378 e. The van der Waals surface area contributed by atoms with Gasteiger partial charge in [0.2, 0.25) is 0 Å². The SMILES string of the molecule is O=C(Nc1ccc(C(F)(F)F)cc1)NC1CCN(c2cc(N3CCOCC3)cnn2)C1. The Bertz CT molecular complexity index is 903. The summed E-state index contributed by atoms with van der Waals surface area (Å²) in [6.45, 7) is 4.26. The molecule has 2 amide bonds. The van der Waals surface area contributed by atoms with Crippen LogP contribution in [0, 0.1) is 0 Å². The second-order valence-electron chi connectivity index (χ2n) is 7.48. The maximum Gasteiger partial charge on any atom is 0.416 e. The Balaban J connectivity index is 1.30. The number of urea groups is 1.